The zero-order chi connectivity index (χ0) is 15.7. The van der Waals surface area contributed by atoms with Gasteiger partial charge in [0.15, 0.2) is 0 Å². The van der Waals surface area contributed by atoms with Crippen molar-refractivity contribution in [1.82, 2.24) is 9.97 Å². The van der Waals surface area contributed by atoms with Gasteiger partial charge in [0.25, 0.3) is 0 Å². The fraction of sp³-hybridized carbons (Fsp3) is 0.571. The second-order valence-electron chi connectivity index (χ2n) is 5.60. The van der Waals surface area contributed by atoms with Crippen LogP contribution >= 0.6 is 11.3 Å². The molecule has 1 aliphatic rings. The van der Waals surface area contributed by atoms with E-state index in [1.165, 1.54) is 6.33 Å². The maximum Gasteiger partial charge on any atom is 0.393 e. The highest BCUT2D eigenvalue weighted by molar-refractivity contribution is 7.18. The van der Waals surface area contributed by atoms with E-state index in [0.29, 0.717) is 10.2 Å². The van der Waals surface area contributed by atoms with Crippen LogP contribution in [-0.4, -0.2) is 35.3 Å². The molecular weight excluding hydrogens is 313 g/mol. The first kappa shape index (κ1) is 15.5. The lowest BCUT2D eigenvalue weighted by Crippen LogP contribution is -2.27. The molecule has 0 aliphatic carbocycles. The summed E-state index contributed by atoms with van der Waals surface area (Å²) in [6.45, 7) is 1.60. The summed E-state index contributed by atoms with van der Waals surface area (Å²) in [7, 11) is 0. The number of anilines is 1. The lowest BCUT2D eigenvalue weighted by Gasteiger charge is -2.21. The topological polar surface area (TPSA) is 55.0 Å². The number of halogens is 3. The summed E-state index contributed by atoms with van der Waals surface area (Å²) in [5, 5.41) is 0.710. The molecule has 3 rings (SSSR count). The standard InChI is InChI=1S/C14H17F3N4S/c15-14(16,17)7-10-6-11-12(19-8-20-13(11)22-10)21-4-1-2-9(18)3-5-21/h6,8-9H,1-5,7,18H2/t9-/m0/s1. The molecular formula is C14H17F3N4S. The van der Waals surface area contributed by atoms with Gasteiger partial charge in [-0.15, -0.1) is 11.3 Å². The molecule has 1 fully saturated rings. The molecule has 0 bridgehead atoms. The number of alkyl halides is 3. The molecule has 0 amide bonds. The van der Waals surface area contributed by atoms with Crippen molar-refractivity contribution in [2.24, 2.45) is 5.73 Å². The summed E-state index contributed by atoms with van der Waals surface area (Å²) in [5.74, 6) is 0.726. The second-order valence-corrected chi connectivity index (χ2v) is 6.71. The van der Waals surface area contributed by atoms with Crippen molar-refractivity contribution in [3.63, 3.8) is 0 Å². The molecule has 1 saturated heterocycles. The summed E-state index contributed by atoms with van der Waals surface area (Å²) in [4.78, 5) is 11.4. The molecule has 1 aliphatic heterocycles. The highest BCUT2D eigenvalue weighted by Crippen LogP contribution is 2.34. The first-order valence-corrected chi connectivity index (χ1v) is 8.05. The largest absolute Gasteiger partial charge is 0.393 e. The zero-order valence-electron chi connectivity index (χ0n) is 11.9. The third-order valence-electron chi connectivity index (χ3n) is 3.81. The molecule has 0 aromatic carbocycles. The Kier molecular flexibility index (Phi) is 4.22. The number of aromatic nitrogens is 2. The normalized spacial score (nSPS) is 20.4. The number of nitrogens with zero attached hydrogens (tertiary/aromatic N) is 3. The SMILES string of the molecule is N[C@H]1CCCN(c2ncnc3sc(CC(F)(F)F)cc23)CC1. The highest BCUT2D eigenvalue weighted by atomic mass is 32.1. The van der Waals surface area contributed by atoms with Crippen LogP contribution in [0.2, 0.25) is 0 Å². The van der Waals surface area contributed by atoms with Crippen LogP contribution in [0, 0.1) is 0 Å². The van der Waals surface area contributed by atoms with Gasteiger partial charge in [0, 0.05) is 24.0 Å². The molecule has 2 aromatic heterocycles. The number of fused-ring (bicyclic) bond motifs is 1. The molecule has 0 saturated carbocycles. The van der Waals surface area contributed by atoms with Gasteiger partial charge in [0.2, 0.25) is 0 Å². The van der Waals surface area contributed by atoms with Crippen LogP contribution < -0.4 is 10.6 Å². The minimum atomic E-state index is -4.20. The smallest absolute Gasteiger partial charge is 0.356 e. The summed E-state index contributed by atoms with van der Waals surface area (Å²) < 4.78 is 37.7. The fourth-order valence-corrected chi connectivity index (χ4v) is 3.78. The van der Waals surface area contributed by atoms with E-state index in [-0.39, 0.29) is 10.9 Å². The number of hydrogen-bond donors (Lipinski definition) is 1. The molecule has 0 radical (unpaired) electrons. The van der Waals surface area contributed by atoms with Gasteiger partial charge >= 0.3 is 6.18 Å². The van der Waals surface area contributed by atoms with Gasteiger partial charge in [0.05, 0.1) is 11.8 Å². The van der Waals surface area contributed by atoms with Gasteiger partial charge in [-0.1, -0.05) is 0 Å². The number of nitrogens with two attached hydrogens (primary N) is 1. The average Bonchev–Trinajstić information content (AvgIpc) is 2.69. The van der Waals surface area contributed by atoms with Crippen LogP contribution in [0.15, 0.2) is 12.4 Å². The van der Waals surface area contributed by atoms with Crippen LogP contribution in [0.4, 0.5) is 19.0 Å². The van der Waals surface area contributed by atoms with Crippen molar-refractivity contribution in [2.75, 3.05) is 18.0 Å². The third-order valence-corrected chi connectivity index (χ3v) is 4.85. The monoisotopic (exact) mass is 330 g/mol. The third kappa shape index (κ3) is 3.49. The summed E-state index contributed by atoms with van der Waals surface area (Å²) >= 11 is 1.09. The molecule has 3 heterocycles. The highest BCUT2D eigenvalue weighted by Gasteiger charge is 2.29. The minimum absolute atomic E-state index is 0.186. The van der Waals surface area contributed by atoms with Crippen LogP contribution in [0.1, 0.15) is 24.1 Å². The van der Waals surface area contributed by atoms with Gasteiger partial charge in [-0.3, -0.25) is 0 Å². The second kappa shape index (κ2) is 6.00. The fourth-order valence-electron chi connectivity index (χ4n) is 2.76. The zero-order valence-corrected chi connectivity index (χ0v) is 12.8. The van der Waals surface area contributed by atoms with Crippen molar-refractivity contribution in [2.45, 2.75) is 37.9 Å². The van der Waals surface area contributed by atoms with E-state index >= 15 is 0 Å². The number of thiophene rings is 1. The Morgan fingerprint density at radius 1 is 1.27 bits per heavy atom. The molecule has 1 atom stereocenters. The maximum atomic E-state index is 12.6. The summed E-state index contributed by atoms with van der Waals surface area (Å²) in [5.41, 5.74) is 5.98. The Balaban J connectivity index is 1.92. The summed E-state index contributed by atoms with van der Waals surface area (Å²) in [6.07, 6.45) is -0.899. The van der Waals surface area contributed by atoms with Gasteiger partial charge < -0.3 is 10.6 Å². The van der Waals surface area contributed by atoms with E-state index in [9.17, 15) is 13.2 Å². The lowest BCUT2D eigenvalue weighted by molar-refractivity contribution is -0.126. The predicted molar refractivity (Wildman–Crippen MR) is 81.2 cm³/mol. The molecule has 2 N–H and O–H groups in total. The first-order chi connectivity index (χ1) is 10.4. The Morgan fingerprint density at radius 2 is 2.09 bits per heavy atom. The van der Waals surface area contributed by atoms with Gasteiger partial charge in [-0.25, -0.2) is 9.97 Å². The summed E-state index contributed by atoms with van der Waals surface area (Å²) in [6, 6.07) is 1.76. The Bertz CT molecular complexity index is 655. The van der Waals surface area contributed by atoms with E-state index in [2.05, 4.69) is 14.9 Å². The Morgan fingerprint density at radius 3 is 2.86 bits per heavy atom. The van der Waals surface area contributed by atoms with Crippen LogP contribution in [0.5, 0.6) is 0 Å². The van der Waals surface area contributed by atoms with Crippen LogP contribution in [0.25, 0.3) is 10.2 Å². The van der Waals surface area contributed by atoms with Crippen molar-refractivity contribution < 1.29 is 13.2 Å². The molecule has 2 aromatic rings. The number of hydrogen-bond acceptors (Lipinski definition) is 5. The van der Waals surface area contributed by atoms with E-state index in [4.69, 9.17) is 5.73 Å². The molecule has 0 unspecified atom stereocenters. The predicted octanol–water partition coefficient (Wildman–Crippen LogP) is 3.11. The van der Waals surface area contributed by atoms with Crippen molar-refractivity contribution in [1.29, 1.82) is 0 Å². The van der Waals surface area contributed by atoms with Crippen molar-refractivity contribution >= 4 is 27.4 Å². The number of rotatable bonds is 2. The molecule has 8 heteroatoms. The van der Waals surface area contributed by atoms with Gasteiger partial charge in [-0.2, -0.15) is 13.2 Å². The van der Waals surface area contributed by atoms with E-state index in [0.717, 1.165) is 49.5 Å². The van der Waals surface area contributed by atoms with Crippen molar-refractivity contribution in [3.8, 4) is 0 Å². The molecule has 4 nitrogen and oxygen atoms in total. The molecule has 120 valence electrons. The quantitative estimate of drug-likeness (QED) is 0.919. The van der Waals surface area contributed by atoms with Crippen LogP contribution in [0.3, 0.4) is 0 Å². The van der Waals surface area contributed by atoms with E-state index in [1.807, 2.05) is 0 Å². The molecule has 22 heavy (non-hydrogen) atoms. The van der Waals surface area contributed by atoms with Crippen LogP contribution in [-0.2, 0) is 6.42 Å². The Hall–Kier alpha value is -1.41. The van der Waals surface area contributed by atoms with Crippen molar-refractivity contribution in [3.05, 3.63) is 17.3 Å². The molecule has 0 spiro atoms. The minimum Gasteiger partial charge on any atom is -0.356 e. The first-order valence-electron chi connectivity index (χ1n) is 7.23. The Labute approximate surface area is 130 Å². The van der Waals surface area contributed by atoms with Gasteiger partial charge in [-0.05, 0) is 25.3 Å². The lowest BCUT2D eigenvalue weighted by atomic mass is 10.1. The average molecular weight is 330 g/mol. The van der Waals surface area contributed by atoms with Gasteiger partial charge in [0.1, 0.15) is 17.0 Å². The van der Waals surface area contributed by atoms with E-state index in [1.54, 1.807) is 6.07 Å². The van der Waals surface area contributed by atoms with E-state index < -0.39 is 12.6 Å². The maximum absolute atomic E-state index is 12.6.